The van der Waals surface area contributed by atoms with Crippen molar-refractivity contribution >= 4 is 17.2 Å². The SMILES string of the molecule is Cc1nc2c(s1)CC(C(=O)N1CCCC(C)C1)CC2. The van der Waals surface area contributed by atoms with Crippen LogP contribution in [0.2, 0.25) is 0 Å². The molecule has 1 aliphatic heterocycles. The first-order valence-electron chi connectivity index (χ1n) is 7.37. The molecule has 2 atom stereocenters. The van der Waals surface area contributed by atoms with Crippen LogP contribution >= 0.6 is 11.3 Å². The van der Waals surface area contributed by atoms with E-state index in [1.54, 1.807) is 11.3 Å². The van der Waals surface area contributed by atoms with Gasteiger partial charge in [0, 0.05) is 23.9 Å². The van der Waals surface area contributed by atoms with Gasteiger partial charge in [0.1, 0.15) is 0 Å². The normalized spacial score (nSPS) is 27.2. The molecule has 4 heteroatoms. The topological polar surface area (TPSA) is 33.2 Å². The van der Waals surface area contributed by atoms with Crippen molar-refractivity contribution in [2.45, 2.75) is 46.0 Å². The molecular weight excluding hydrogens is 256 g/mol. The maximum atomic E-state index is 12.6. The van der Waals surface area contributed by atoms with Crippen LogP contribution in [0.1, 0.15) is 41.8 Å². The van der Waals surface area contributed by atoms with Gasteiger partial charge in [0.15, 0.2) is 0 Å². The lowest BCUT2D eigenvalue weighted by Crippen LogP contribution is -2.43. The van der Waals surface area contributed by atoms with E-state index in [9.17, 15) is 4.79 Å². The van der Waals surface area contributed by atoms with Crippen molar-refractivity contribution in [3.63, 3.8) is 0 Å². The van der Waals surface area contributed by atoms with E-state index in [0.29, 0.717) is 11.8 Å². The number of amides is 1. The van der Waals surface area contributed by atoms with Gasteiger partial charge >= 0.3 is 0 Å². The summed E-state index contributed by atoms with van der Waals surface area (Å²) in [5.41, 5.74) is 1.25. The Morgan fingerprint density at radius 3 is 3.05 bits per heavy atom. The highest BCUT2D eigenvalue weighted by atomic mass is 32.1. The van der Waals surface area contributed by atoms with Crippen molar-refractivity contribution in [1.82, 2.24) is 9.88 Å². The quantitative estimate of drug-likeness (QED) is 0.791. The van der Waals surface area contributed by atoms with Crippen LogP contribution in [-0.2, 0) is 17.6 Å². The van der Waals surface area contributed by atoms with E-state index in [1.165, 1.54) is 23.4 Å². The minimum Gasteiger partial charge on any atom is -0.342 e. The third-order valence-electron chi connectivity index (χ3n) is 4.36. The maximum absolute atomic E-state index is 12.6. The van der Waals surface area contributed by atoms with Gasteiger partial charge in [-0.2, -0.15) is 0 Å². The van der Waals surface area contributed by atoms with Crippen LogP contribution in [0.3, 0.4) is 0 Å². The highest BCUT2D eigenvalue weighted by molar-refractivity contribution is 7.11. The minimum atomic E-state index is 0.206. The average molecular weight is 278 g/mol. The molecule has 2 heterocycles. The van der Waals surface area contributed by atoms with Crippen LogP contribution in [0.25, 0.3) is 0 Å². The van der Waals surface area contributed by atoms with Crippen molar-refractivity contribution in [1.29, 1.82) is 0 Å². The van der Waals surface area contributed by atoms with E-state index in [2.05, 4.69) is 23.7 Å². The maximum Gasteiger partial charge on any atom is 0.226 e. The number of nitrogens with zero attached hydrogens (tertiary/aromatic N) is 2. The predicted octanol–water partition coefficient (Wildman–Crippen LogP) is 2.81. The van der Waals surface area contributed by atoms with Crippen molar-refractivity contribution in [2.75, 3.05) is 13.1 Å². The fourth-order valence-corrected chi connectivity index (χ4v) is 4.43. The second kappa shape index (κ2) is 5.23. The molecule has 1 aromatic rings. The summed E-state index contributed by atoms with van der Waals surface area (Å²) in [5.74, 6) is 1.27. The lowest BCUT2D eigenvalue weighted by atomic mass is 9.89. The lowest BCUT2D eigenvalue weighted by molar-refractivity contribution is -0.137. The molecule has 1 aromatic heterocycles. The van der Waals surface area contributed by atoms with Gasteiger partial charge < -0.3 is 4.90 Å². The number of thiazole rings is 1. The molecule has 0 N–H and O–H groups in total. The fourth-order valence-electron chi connectivity index (χ4n) is 3.36. The predicted molar refractivity (Wildman–Crippen MR) is 77.3 cm³/mol. The summed E-state index contributed by atoms with van der Waals surface area (Å²) in [6.45, 7) is 6.25. The summed E-state index contributed by atoms with van der Waals surface area (Å²) >= 11 is 1.78. The molecule has 1 fully saturated rings. The third-order valence-corrected chi connectivity index (χ3v) is 5.40. The molecule has 2 unspecified atom stereocenters. The summed E-state index contributed by atoms with van der Waals surface area (Å²) in [6.07, 6.45) is 5.33. The second-order valence-electron chi connectivity index (χ2n) is 6.07. The molecule has 0 bridgehead atoms. The van der Waals surface area contributed by atoms with Crippen LogP contribution in [0.4, 0.5) is 0 Å². The summed E-state index contributed by atoms with van der Waals surface area (Å²) in [7, 11) is 0. The number of hydrogen-bond donors (Lipinski definition) is 0. The molecule has 0 saturated carbocycles. The van der Waals surface area contributed by atoms with Gasteiger partial charge in [0.25, 0.3) is 0 Å². The molecule has 19 heavy (non-hydrogen) atoms. The first-order chi connectivity index (χ1) is 9.13. The zero-order valence-electron chi connectivity index (χ0n) is 11.8. The van der Waals surface area contributed by atoms with E-state index in [0.717, 1.165) is 37.4 Å². The van der Waals surface area contributed by atoms with E-state index in [-0.39, 0.29) is 5.92 Å². The van der Waals surface area contributed by atoms with Crippen molar-refractivity contribution in [2.24, 2.45) is 11.8 Å². The number of fused-ring (bicyclic) bond motifs is 1. The Morgan fingerprint density at radius 1 is 1.42 bits per heavy atom. The average Bonchev–Trinajstić information content (AvgIpc) is 2.76. The number of aromatic nitrogens is 1. The summed E-state index contributed by atoms with van der Waals surface area (Å²) < 4.78 is 0. The minimum absolute atomic E-state index is 0.206. The van der Waals surface area contributed by atoms with Gasteiger partial charge in [-0.05, 0) is 44.9 Å². The van der Waals surface area contributed by atoms with Crippen LogP contribution in [0.5, 0.6) is 0 Å². The van der Waals surface area contributed by atoms with Gasteiger partial charge in [-0.25, -0.2) is 4.98 Å². The zero-order chi connectivity index (χ0) is 13.4. The Labute approximate surface area is 119 Å². The molecule has 0 spiro atoms. The van der Waals surface area contributed by atoms with Crippen molar-refractivity contribution in [3.8, 4) is 0 Å². The Kier molecular flexibility index (Phi) is 3.61. The smallest absolute Gasteiger partial charge is 0.226 e. The molecule has 1 saturated heterocycles. The summed E-state index contributed by atoms with van der Waals surface area (Å²) in [4.78, 5) is 20.7. The summed E-state index contributed by atoms with van der Waals surface area (Å²) in [5, 5.41) is 1.14. The van der Waals surface area contributed by atoms with Crippen LogP contribution in [-0.4, -0.2) is 28.9 Å². The fraction of sp³-hybridized carbons (Fsp3) is 0.733. The number of carbonyl (C=O) groups is 1. The number of hydrogen-bond acceptors (Lipinski definition) is 3. The molecule has 2 aliphatic rings. The molecule has 0 aromatic carbocycles. The molecule has 3 nitrogen and oxygen atoms in total. The number of rotatable bonds is 1. The molecule has 1 amide bonds. The monoisotopic (exact) mass is 278 g/mol. The Morgan fingerprint density at radius 2 is 2.26 bits per heavy atom. The van der Waals surface area contributed by atoms with Gasteiger partial charge in [0.2, 0.25) is 5.91 Å². The Balaban J connectivity index is 1.68. The number of aryl methyl sites for hydroxylation is 2. The first-order valence-corrected chi connectivity index (χ1v) is 8.19. The van der Waals surface area contributed by atoms with Gasteiger partial charge in [0.05, 0.1) is 10.7 Å². The second-order valence-corrected chi connectivity index (χ2v) is 7.36. The van der Waals surface area contributed by atoms with Gasteiger partial charge in [-0.3, -0.25) is 4.79 Å². The lowest BCUT2D eigenvalue weighted by Gasteiger charge is -2.34. The standard InChI is InChI=1S/C15H22N2OS/c1-10-4-3-7-17(9-10)15(18)12-5-6-13-14(8-12)19-11(2)16-13/h10,12H,3-9H2,1-2H3. The first kappa shape index (κ1) is 13.1. The molecule has 3 rings (SSSR count). The Hall–Kier alpha value is -0.900. The number of likely N-dealkylation sites (tertiary alicyclic amines) is 1. The Bertz CT molecular complexity index is 482. The third kappa shape index (κ3) is 2.69. The summed E-state index contributed by atoms with van der Waals surface area (Å²) in [6, 6.07) is 0. The van der Waals surface area contributed by atoms with E-state index in [4.69, 9.17) is 0 Å². The van der Waals surface area contributed by atoms with Crippen molar-refractivity contribution in [3.05, 3.63) is 15.6 Å². The molecular formula is C15H22N2OS. The number of piperidine rings is 1. The van der Waals surface area contributed by atoms with Crippen molar-refractivity contribution < 1.29 is 4.79 Å². The van der Waals surface area contributed by atoms with Crippen LogP contribution in [0.15, 0.2) is 0 Å². The van der Waals surface area contributed by atoms with Crippen LogP contribution < -0.4 is 0 Å². The number of carbonyl (C=O) groups excluding carboxylic acids is 1. The molecule has 1 aliphatic carbocycles. The largest absolute Gasteiger partial charge is 0.342 e. The van der Waals surface area contributed by atoms with E-state index < -0.39 is 0 Å². The zero-order valence-corrected chi connectivity index (χ0v) is 12.6. The van der Waals surface area contributed by atoms with E-state index >= 15 is 0 Å². The highest BCUT2D eigenvalue weighted by Crippen LogP contribution is 2.31. The van der Waals surface area contributed by atoms with Crippen LogP contribution in [0, 0.1) is 18.8 Å². The highest BCUT2D eigenvalue weighted by Gasteiger charge is 2.31. The van der Waals surface area contributed by atoms with Gasteiger partial charge in [-0.15, -0.1) is 11.3 Å². The van der Waals surface area contributed by atoms with Gasteiger partial charge in [-0.1, -0.05) is 6.92 Å². The molecule has 104 valence electrons. The van der Waals surface area contributed by atoms with E-state index in [1.807, 2.05) is 0 Å². The molecule has 0 radical (unpaired) electrons.